The Bertz CT molecular complexity index is 1700. The summed E-state index contributed by atoms with van der Waals surface area (Å²) < 4.78 is 59.3. The first-order chi connectivity index (χ1) is 26.3. The third kappa shape index (κ3) is 13.8. The second kappa shape index (κ2) is 21.0. The quantitative estimate of drug-likeness (QED) is 0.0285. The molecule has 2 aliphatic heterocycles. The molecule has 0 bridgehead atoms. The number of hydrogen-bond donors (Lipinski definition) is 7. The van der Waals surface area contributed by atoms with E-state index in [1.807, 2.05) is 13.8 Å². The molecule has 7 N–H and O–H groups in total. The summed E-state index contributed by atoms with van der Waals surface area (Å²) in [6.45, 7) is 4.56. The number of rotatable bonds is 22. The molecule has 0 aromatic heterocycles. The highest BCUT2D eigenvalue weighted by atomic mass is 32.2. The Balaban J connectivity index is 1.56. The fourth-order valence-electron chi connectivity index (χ4n) is 5.05. The van der Waals surface area contributed by atoms with Crippen molar-refractivity contribution in [3.63, 3.8) is 0 Å². The number of amides is 4. The summed E-state index contributed by atoms with van der Waals surface area (Å²) >= 11 is 0. The number of nitrogens with zero attached hydrogens (tertiary/aromatic N) is 1. The number of imide groups is 1. The van der Waals surface area contributed by atoms with E-state index in [9.17, 15) is 57.6 Å². The summed E-state index contributed by atoms with van der Waals surface area (Å²) in [4.78, 5) is 73.5. The number of ether oxygens (including phenoxy) is 5. The minimum atomic E-state index is -4.49. The number of aliphatic hydroxyl groups excluding tert-OH is 3. The van der Waals surface area contributed by atoms with E-state index in [2.05, 4.69) is 10.6 Å². The Hall–Kier alpha value is -4.71. The van der Waals surface area contributed by atoms with Crippen LogP contribution in [0, 0.1) is 11.8 Å². The van der Waals surface area contributed by atoms with Crippen LogP contribution >= 0.6 is 0 Å². The number of carboxylic acid groups (broad SMARTS) is 1. The Morgan fingerprint density at radius 3 is 2.27 bits per heavy atom. The molecule has 22 heteroatoms. The Morgan fingerprint density at radius 1 is 0.964 bits per heavy atom. The molecule has 7 atom stereocenters. The van der Waals surface area contributed by atoms with Crippen LogP contribution in [0.2, 0.25) is 0 Å². The Kier molecular flexibility index (Phi) is 17.1. The summed E-state index contributed by atoms with van der Waals surface area (Å²) in [5.74, 6) is -5.99. The lowest BCUT2D eigenvalue weighted by Crippen LogP contribution is -2.61. The molecule has 1 aromatic rings. The Labute approximate surface area is 321 Å². The zero-order valence-corrected chi connectivity index (χ0v) is 31.6. The monoisotopic (exact) mass is 817 g/mol. The molecular weight excluding hydrogens is 770 g/mol. The number of carbonyl (C=O) groups is 6. The van der Waals surface area contributed by atoms with Crippen LogP contribution in [0.3, 0.4) is 0 Å². The lowest BCUT2D eigenvalue weighted by molar-refractivity contribution is -0.271. The fraction of sp³-hybridized carbons (Fsp3) is 0.588. The standard InChI is InChI=1S/C34H47N3O18S/c1-18(2)19(3)33(47)53-17-20-4-5-21(54-34-29(43)27(41)28(42)30(55-34)32(45)46)16-23(20)52-14-13-51-12-10-35-31(44)22(9-15-56(48,49)50)36-24(38)8-11-37-25(39)6-7-26(37)40/h4-7,16,18-19,22,27-30,34,41-43H,8-15,17H2,1-3H3,(H,35,44)(H,36,38)(H,45,46)(H,48,49,50)/t19?,22-,27-,28-,29+,30-,34+/m0/s1. The number of esters is 1. The van der Waals surface area contributed by atoms with Gasteiger partial charge in [-0.15, -0.1) is 0 Å². The van der Waals surface area contributed by atoms with Gasteiger partial charge in [-0.2, -0.15) is 8.42 Å². The van der Waals surface area contributed by atoms with Gasteiger partial charge in [-0.25, -0.2) is 4.79 Å². The van der Waals surface area contributed by atoms with Crippen LogP contribution in [0.4, 0.5) is 0 Å². The molecule has 2 aliphatic rings. The maximum absolute atomic E-state index is 12.8. The first-order valence-electron chi connectivity index (χ1n) is 17.4. The molecule has 1 aromatic carbocycles. The summed E-state index contributed by atoms with van der Waals surface area (Å²) in [7, 11) is -4.49. The SMILES string of the molecule is CC(C)C(C)C(=O)OCc1ccc(O[C@@H]2O[C@H](C(=O)O)[C@@H](O)[C@H](O)[C@H]2O)cc1OCCOCCNC(=O)[C@H](CCS(=O)(=O)O)NC(=O)CCN1C(=O)C=CC1=O. The van der Waals surface area contributed by atoms with Crippen LogP contribution in [0.15, 0.2) is 30.4 Å². The van der Waals surface area contributed by atoms with E-state index >= 15 is 0 Å². The number of aliphatic hydroxyl groups is 3. The molecule has 1 fully saturated rings. The second-order valence-electron chi connectivity index (χ2n) is 13.1. The maximum atomic E-state index is 12.8. The zero-order valence-electron chi connectivity index (χ0n) is 30.8. The number of nitrogens with one attached hydrogen (secondary N) is 2. The lowest BCUT2D eigenvalue weighted by atomic mass is 9.98. The molecule has 3 rings (SSSR count). The van der Waals surface area contributed by atoms with Crippen LogP contribution in [-0.4, -0.2) is 149 Å². The van der Waals surface area contributed by atoms with E-state index in [-0.39, 0.29) is 63.4 Å². The van der Waals surface area contributed by atoms with Gasteiger partial charge in [-0.1, -0.05) is 20.8 Å². The predicted octanol–water partition coefficient (Wildman–Crippen LogP) is -2.12. The van der Waals surface area contributed by atoms with Crippen molar-refractivity contribution in [1.29, 1.82) is 0 Å². The minimum Gasteiger partial charge on any atom is -0.491 e. The van der Waals surface area contributed by atoms with Gasteiger partial charge in [0.2, 0.25) is 18.1 Å². The van der Waals surface area contributed by atoms with Crippen molar-refractivity contribution in [1.82, 2.24) is 15.5 Å². The largest absolute Gasteiger partial charge is 0.491 e. The topological polar surface area (TPSA) is 311 Å². The van der Waals surface area contributed by atoms with Crippen LogP contribution in [-0.2, 0) is 59.7 Å². The van der Waals surface area contributed by atoms with Gasteiger partial charge in [0.15, 0.2) is 6.10 Å². The van der Waals surface area contributed by atoms with Gasteiger partial charge >= 0.3 is 11.9 Å². The van der Waals surface area contributed by atoms with Gasteiger partial charge in [0.1, 0.15) is 49.1 Å². The van der Waals surface area contributed by atoms with Crippen molar-refractivity contribution in [2.24, 2.45) is 11.8 Å². The van der Waals surface area contributed by atoms with Crippen molar-refractivity contribution >= 4 is 45.7 Å². The molecule has 1 unspecified atom stereocenters. The second-order valence-corrected chi connectivity index (χ2v) is 14.7. The van der Waals surface area contributed by atoms with Crippen LogP contribution in [0.5, 0.6) is 11.5 Å². The number of aliphatic carboxylic acids is 1. The summed E-state index contributed by atoms with van der Waals surface area (Å²) in [5, 5.41) is 44.6. The molecule has 0 radical (unpaired) electrons. The molecule has 0 spiro atoms. The predicted molar refractivity (Wildman–Crippen MR) is 188 cm³/mol. The summed E-state index contributed by atoms with van der Waals surface area (Å²) in [6.07, 6.45) is -8.05. The van der Waals surface area contributed by atoms with Gasteiger partial charge in [0, 0.05) is 43.3 Å². The van der Waals surface area contributed by atoms with Crippen LogP contribution in [0.1, 0.15) is 39.2 Å². The minimum absolute atomic E-state index is 0.00591. The first-order valence-corrected chi connectivity index (χ1v) is 19.0. The molecule has 2 heterocycles. The highest BCUT2D eigenvalue weighted by molar-refractivity contribution is 7.85. The average molecular weight is 818 g/mol. The van der Waals surface area contributed by atoms with Gasteiger partial charge < -0.3 is 54.7 Å². The highest BCUT2D eigenvalue weighted by Crippen LogP contribution is 2.30. The van der Waals surface area contributed by atoms with Crippen LogP contribution in [0.25, 0.3) is 0 Å². The number of carbonyl (C=O) groups excluding carboxylic acids is 5. The molecule has 312 valence electrons. The van der Waals surface area contributed by atoms with E-state index in [0.717, 1.165) is 17.1 Å². The van der Waals surface area contributed by atoms with Gasteiger partial charge in [-0.05, 0) is 24.5 Å². The highest BCUT2D eigenvalue weighted by Gasteiger charge is 2.48. The molecule has 0 saturated carbocycles. The van der Waals surface area contributed by atoms with E-state index in [4.69, 9.17) is 28.2 Å². The van der Waals surface area contributed by atoms with Gasteiger partial charge in [0.25, 0.3) is 21.9 Å². The Morgan fingerprint density at radius 2 is 1.64 bits per heavy atom. The normalized spacial score (nSPS) is 22.1. The van der Waals surface area contributed by atoms with E-state index in [1.165, 1.54) is 18.2 Å². The van der Waals surface area contributed by atoms with Gasteiger partial charge in [-0.3, -0.25) is 33.4 Å². The first kappa shape index (κ1) is 45.7. The summed E-state index contributed by atoms with van der Waals surface area (Å²) in [6, 6.07) is 2.80. The van der Waals surface area contributed by atoms with E-state index in [1.54, 1.807) is 6.92 Å². The molecular formula is C34H47N3O18S. The zero-order chi connectivity index (χ0) is 41.7. The number of benzene rings is 1. The average Bonchev–Trinajstić information content (AvgIpc) is 3.46. The maximum Gasteiger partial charge on any atom is 0.335 e. The van der Waals surface area contributed by atoms with E-state index in [0.29, 0.717) is 5.56 Å². The summed E-state index contributed by atoms with van der Waals surface area (Å²) in [5.41, 5.74) is 0.381. The van der Waals surface area contributed by atoms with Crippen molar-refractivity contribution in [2.75, 3.05) is 38.7 Å². The van der Waals surface area contributed by atoms with Crippen LogP contribution < -0.4 is 20.1 Å². The van der Waals surface area contributed by atoms with Crippen molar-refractivity contribution in [2.45, 2.75) is 77.0 Å². The molecule has 4 amide bonds. The fourth-order valence-corrected chi connectivity index (χ4v) is 5.58. The van der Waals surface area contributed by atoms with Crippen molar-refractivity contribution in [3.05, 3.63) is 35.9 Å². The van der Waals surface area contributed by atoms with E-state index < -0.39 is 101 Å². The lowest BCUT2D eigenvalue weighted by Gasteiger charge is -2.38. The van der Waals surface area contributed by atoms with Crippen molar-refractivity contribution in [3.8, 4) is 11.5 Å². The molecule has 0 aliphatic carbocycles. The molecule has 21 nitrogen and oxygen atoms in total. The van der Waals surface area contributed by atoms with Crippen molar-refractivity contribution < 1.29 is 85.8 Å². The number of carboxylic acids is 1. The molecule has 1 saturated heterocycles. The smallest absolute Gasteiger partial charge is 0.335 e. The third-order valence-corrected chi connectivity index (χ3v) is 9.41. The number of hydrogen-bond acceptors (Lipinski definition) is 16. The van der Waals surface area contributed by atoms with Gasteiger partial charge in [0.05, 0.1) is 24.9 Å². The molecule has 56 heavy (non-hydrogen) atoms. The third-order valence-electron chi connectivity index (χ3n) is 8.66.